The van der Waals surface area contributed by atoms with Crippen LogP contribution in [0.25, 0.3) is 6.08 Å². The summed E-state index contributed by atoms with van der Waals surface area (Å²) < 4.78 is 28.6. The molecule has 0 radical (unpaired) electrons. The van der Waals surface area contributed by atoms with Crippen LogP contribution in [-0.2, 0) is 0 Å². The van der Waals surface area contributed by atoms with Crippen molar-refractivity contribution in [3.63, 3.8) is 0 Å². The molecule has 2 atom stereocenters. The topological polar surface area (TPSA) is 21.3 Å². The summed E-state index contributed by atoms with van der Waals surface area (Å²) in [5, 5.41) is 3.43. The number of nitrogens with one attached hydrogen (secondary N) is 1. The number of benzene rings is 1. The molecule has 1 fully saturated rings. The van der Waals surface area contributed by atoms with Gasteiger partial charge in [0.1, 0.15) is 5.75 Å². The molecule has 1 aliphatic heterocycles. The number of rotatable bonds is 4. The molecule has 4 heteroatoms. The third-order valence-electron chi connectivity index (χ3n) is 3.30. The second kappa shape index (κ2) is 6.66. The fourth-order valence-corrected chi connectivity index (χ4v) is 2.32. The van der Waals surface area contributed by atoms with E-state index in [4.69, 9.17) is 0 Å². The smallest absolute Gasteiger partial charge is 0.387 e. The van der Waals surface area contributed by atoms with E-state index in [0.29, 0.717) is 6.04 Å². The Balaban J connectivity index is 1.98. The van der Waals surface area contributed by atoms with Crippen LogP contribution in [0, 0.1) is 5.92 Å². The summed E-state index contributed by atoms with van der Waals surface area (Å²) in [4.78, 5) is 0. The average Bonchev–Trinajstić information content (AvgIpc) is 2.36. The first-order chi connectivity index (χ1) is 9.13. The normalized spacial score (nSPS) is 24.0. The lowest BCUT2D eigenvalue weighted by Crippen LogP contribution is -2.35. The van der Waals surface area contributed by atoms with E-state index >= 15 is 0 Å². The lowest BCUT2D eigenvalue weighted by atomic mass is 9.94. The second-order valence-corrected chi connectivity index (χ2v) is 5.00. The minimum Gasteiger partial charge on any atom is -0.435 e. The van der Waals surface area contributed by atoms with Gasteiger partial charge in [-0.3, -0.25) is 0 Å². The lowest BCUT2D eigenvalue weighted by molar-refractivity contribution is -0.0498. The fourth-order valence-electron chi connectivity index (χ4n) is 2.32. The zero-order chi connectivity index (χ0) is 13.7. The van der Waals surface area contributed by atoms with Gasteiger partial charge in [-0.25, -0.2) is 0 Å². The summed E-state index contributed by atoms with van der Waals surface area (Å²) in [6.45, 7) is 0.504. The Kier molecular flexibility index (Phi) is 4.91. The minimum absolute atomic E-state index is 0.196. The van der Waals surface area contributed by atoms with Crippen LogP contribution in [0.4, 0.5) is 8.78 Å². The molecule has 1 N–H and O–H groups in total. The Morgan fingerprint density at radius 2 is 2.26 bits per heavy atom. The van der Waals surface area contributed by atoms with Crippen molar-refractivity contribution in [2.45, 2.75) is 32.4 Å². The number of alkyl halides is 2. The van der Waals surface area contributed by atoms with Crippen molar-refractivity contribution in [3.8, 4) is 5.75 Å². The molecule has 0 bridgehead atoms. The molecule has 104 valence electrons. The first-order valence-electron chi connectivity index (χ1n) is 6.60. The molecule has 1 aliphatic rings. The monoisotopic (exact) mass is 267 g/mol. The molecule has 0 saturated carbocycles. The summed E-state index contributed by atoms with van der Waals surface area (Å²) in [6.07, 6.45) is 6.37. The van der Waals surface area contributed by atoms with E-state index in [0.717, 1.165) is 24.4 Å². The molecule has 2 rings (SSSR count). The lowest BCUT2D eigenvalue weighted by Gasteiger charge is -2.25. The predicted molar refractivity (Wildman–Crippen MR) is 72.3 cm³/mol. The van der Waals surface area contributed by atoms with Gasteiger partial charge < -0.3 is 10.1 Å². The largest absolute Gasteiger partial charge is 0.435 e. The molecular weight excluding hydrogens is 248 g/mol. The summed E-state index contributed by atoms with van der Waals surface area (Å²) >= 11 is 0. The highest BCUT2D eigenvalue weighted by Crippen LogP contribution is 2.19. The molecule has 19 heavy (non-hydrogen) atoms. The Morgan fingerprint density at radius 1 is 1.42 bits per heavy atom. The van der Waals surface area contributed by atoms with Crippen LogP contribution in [0.2, 0.25) is 0 Å². The van der Waals surface area contributed by atoms with Crippen LogP contribution in [0.3, 0.4) is 0 Å². The summed E-state index contributed by atoms with van der Waals surface area (Å²) in [5.41, 5.74) is 0.873. The molecular formula is C15H19F2NO. The van der Waals surface area contributed by atoms with Gasteiger partial charge in [0.15, 0.2) is 0 Å². The minimum atomic E-state index is -2.78. The summed E-state index contributed by atoms with van der Waals surface area (Å²) in [7, 11) is 0. The molecule has 1 aromatic carbocycles. The van der Waals surface area contributed by atoms with E-state index in [-0.39, 0.29) is 5.75 Å². The van der Waals surface area contributed by atoms with Crippen LogP contribution >= 0.6 is 0 Å². The predicted octanol–water partition coefficient (Wildman–Crippen LogP) is 3.69. The van der Waals surface area contributed by atoms with Gasteiger partial charge in [0.05, 0.1) is 0 Å². The van der Waals surface area contributed by atoms with E-state index in [1.807, 2.05) is 12.1 Å². The SMILES string of the molecule is CC1CCNC(/C=C/c2cccc(OC(F)F)c2)C1. The second-order valence-electron chi connectivity index (χ2n) is 5.00. The highest BCUT2D eigenvalue weighted by atomic mass is 19.3. The van der Waals surface area contributed by atoms with Gasteiger partial charge in [0.25, 0.3) is 0 Å². The zero-order valence-corrected chi connectivity index (χ0v) is 11.0. The van der Waals surface area contributed by atoms with Gasteiger partial charge >= 0.3 is 6.61 Å². The maximum atomic E-state index is 12.1. The maximum Gasteiger partial charge on any atom is 0.387 e. The third kappa shape index (κ3) is 4.63. The Morgan fingerprint density at radius 3 is 3.00 bits per heavy atom. The van der Waals surface area contributed by atoms with Gasteiger partial charge in [-0.2, -0.15) is 8.78 Å². The van der Waals surface area contributed by atoms with Gasteiger partial charge in [0.2, 0.25) is 0 Å². The standard InChI is InChI=1S/C15H19F2NO/c1-11-7-8-18-13(9-11)6-5-12-3-2-4-14(10-12)19-15(16)17/h2-6,10-11,13,15,18H,7-9H2,1H3/b6-5+. The molecule has 1 saturated heterocycles. The van der Waals surface area contributed by atoms with Gasteiger partial charge in [-0.15, -0.1) is 0 Å². The van der Waals surface area contributed by atoms with Crippen molar-refractivity contribution in [1.29, 1.82) is 0 Å². The van der Waals surface area contributed by atoms with Crippen LogP contribution < -0.4 is 10.1 Å². The van der Waals surface area contributed by atoms with Crippen LogP contribution in [-0.4, -0.2) is 19.2 Å². The van der Waals surface area contributed by atoms with E-state index < -0.39 is 6.61 Å². The molecule has 0 aromatic heterocycles. The van der Waals surface area contributed by atoms with Crippen molar-refractivity contribution in [2.24, 2.45) is 5.92 Å². The summed E-state index contributed by atoms with van der Waals surface area (Å²) in [6, 6.07) is 7.11. The Hall–Kier alpha value is -1.42. The number of ether oxygens (including phenoxy) is 1. The van der Waals surface area contributed by atoms with Gasteiger partial charge in [-0.1, -0.05) is 31.2 Å². The van der Waals surface area contributed by atoms with E-state index in [9.17, 15) is 8.78 Å². The first-order valence-corrected chi connectivity index (χ1v) is 6.60. The average molecular weight is 267 g/mol. The number of hydrogen-bond donors (Lipinski definition) is 1. The van der Waals surface area contributed by atoms with Gasteiger partial charge in [-0.05, 0) is 43.0 Å². The molecule has 0 spiro atoms. The van der Waals surface area contributed by atoms with Crippen LogP contribution in [0.1, 0.15) is 25.3 Å². The van der Waals surface area contributed by atoms with Crippen LogP contribution in [0.15, 0.2) is 30.3 Å². The van der Waals surface area contributed by atoms with Crippen molar-refractivity contribution in [3.05, 3.63) is 35.9 Å². The number of piperidine rings is 1. The van der Waals surface area contributed by atoms with Crippen molar-refractivity contribution >= 4 is 6.08 Å². The Labute approximate surface area is 112 Å². The molecule has 2 unspecified atom stereocenters. The maximum absolute atomic E-state index is 12.1. The number of hydrogen-bond acceptors (Lipinski definition) is 2. The summed E-state index contributed by atoms with van der Waals surface area (Å²) in [5.74, 6) is 0.923. The zero-order valence-electron chi connectivity index (χ0n) is 11.0. The Bertz CT molecular complexity index is 434. The van der Waals surface area contributed by atoms with E-state index in [1.54, 1.807) is 12.1 Å². The molecule has 0 aliphatic carbocycles. The quantitative estimate of drug-likeness (QED) is 0.898. The highest BCUT2D eigenvalue weighted by molar-refractivity contribution is 5.52. The highest BCUT2D eigenvalue weighted by Gasteiger charge is 2.15. The van der Waals surface area contributed by atoms with Crippen molar-refractivity contribution in [2.75, 3.05) is 6.54 Å². The third-order valence-corrected chi connectivity index (χ3v) is 3.30. The molecule has 0 amide bonds. The van der Waals surface area contributed by atoms with Crippen LogP contribution in [0.5, 0.6) is 5.75 Å². The van der Waals surface area contributed by atoms with E-state index in [2.05, 4.69) is 23.1 Å². The molecule has 1 aromatic rings. The van der Waals surface area contributed by atoms with Crippen molar-refractivity contribution < 1.29 is 13.5 Å². The van der Waals surface area contributed by atoms with Gasteiger partial charge in [0, 0.05) is 6.04 Å². The fraction of sp³-hybridized carbons (Fsp3) is 0.467. The number of halogens is 2. The van der Waals surface area contributed by atoms with E-state index in [1.165, 1.54) is 12.5 Å². The molecule has 2 nitrogen and oxygen atoms in total. The van der Waals surface area contributed by atoms with Crippen molar-refractivity contribution in [1.82, 2.24) is 5.32 Å². The first kappa shape index (κ1) is 14.0. The molecule has 1 heterocycles.